The molecule has 64 valence electrons. The summed E-state index contributed by atoms with van der Waals surface area (Å²) < 4.78 is 0.691. The second-order valence-corrected chi connectivity index (χ2v) is 6.74. The van der Waals surface area contributed by atoms with Crippen molar-refractivity contribution < 1.29 is 0 Å². The Morgan fingerprint density at radius 1 is 0.727 bits per heavy atom. The summed E-state index contributed by atoms with van der Waals surface area (Å²) in [5.41, 5.74) is 0. The molecule has 2 aliphatic heterocycles. The monoisotopic (exact) mass is 188 g/mol. The number of hydrogen-bond donors (Lipinski definition) is 0. The van der Waals surface area contributed by atoms with Crippen LogP contribution in [0.5, 0.6) is 0 Å². The molecule has 1 spiro atoms. The topological polar surface area (TPSA) is 0 Å². The quantitative estimate of drug-likeness (QED) is 0.570. The molecule has 0 unspecified atom stereocenters. The average molecular weight is 188 g/mol. The minimum Gasteiger partial charge on any atom is -0.144 e. The van der Waals surface area contributed by atoms with Gasteiger partial charge in [-0.1, -0.05) is 12.8 Å². The molecule has 2 fully saturated rings. The molecule has 2 saturated heterocycles. The Balaban J connectivity index is 1.94. The normalized spacial score (nSPS) is 30.5. The van der Waals surface area contributed by atoms with E-state index in [2.05, 4.69) is 23.5 Å². The molecule has 2 heterocycles. The van der Waals surface area contributed by atoms with Crippen LogP contribution in [0.3, 0.4) is 0 Å². The third-order valence-corrected chi connectivity index (χ3v) is 6.20. The van der Waals surface area contributed by atoms with Crippen LogP contribution in [0.2, 0.25) is 0 Å². The van der Waals surface area contributed by atoms with E-state index in [-0.39, 0.29) is 0 Å². The Kier molecular flexibility index (Phi) is 2.73. The lowest BCUT2D eigenvalue weighted by molar-refractivity contribution is 0.556. The van der Waals surface area contributed by atoms with E-state index in [0.29, 0.717) is 4.08 Å². The van der Waals surface area contributed by atoms with Gasteiger partial charge in [-0.25, -0.2) is 0 Å². The van der Waals surface area contributed by atoms with Crippen LogP contribution in [0.25, 0.3) is 0 Å². The Hall–Kier alpha value is 0.700. The summed E-state index contributed by atoms with van der Waals surface area (Å²) in [5.74, 6) is 2.85. The van der Waals surface area contributed by atoms with E-state index in [1.165, 1.54) is 50.0 Å². The van der Waals surface area contributed by atoms with Gasteiger partial charge >= 0.3 is 0 Å². The standard InChI is InChI=1S/C9H16S2/c1-3-7-10-9(5-1)6-2-4-8-11-9/h1-8H2. The fourth-order valence-electron chi connectivity index (χ4n) is 1.96. The first kappa shape index (κ1) is 8.31. The Labute approximate surface area is 77.9 Å². The highest BCUT2D eigenvalue weighted by atomic mass is 32.2. The summed E-state index contributed by atoms with van der Waals surface area (Å²) in [6.45, 7) is 0. The zero-order valence-electron chi connectivity index (χ0n) is 6.97. The zero-order chi connectivity index (χ0) is 7.57. The van der Waals surface area contributed by atoms with Gasteiger partial charge in [0.1, 0.15) is 0 Å². The first-order chi connectivity index (χ1) is 5.41. The first-order valence-corrected chi connectivity index (χ1v) is 6.66. The van der Waals surface area contributed by atoms with E-state index >= 15 is 0 Å². The van der Waals surface area contributed by atoms with Crippen molar-refractivity contribution in [3.63, 3.8) is 0 Å². The van der Waals surface area contributed by atoms with Crippen molar-refractivity contribution in [1.82, 2.24) is 0 Å². The van der Waals surface area contributed by atoms with Crippen LogP contribution >= 0.6 is 23.5 Å². The number of hydrogen-bond acceptors (Lipinski definition) is 2. The van der Waals surface area contributed by atoms with Crippen molar-refractivity contribution in [2.24, 2.45) is 0 Å². The molecule has 2 heteroatoms. The van der Waals surface area contributed by atoms with Gasteiger partial charge in [-0.3, -0.25) is 0 Å². The van der Waals surface area contributed by atoms with Gasteiger partial charge in [0.25, 0.3) is 0 Å². The molecule has 0 saturated carbocycles. The maximum Gasteiger partial charge on any atom is 0.0611 e. The molecule has 0 aromatic carbocycles. The second kappa shape index (κ2) is 3.61. The van der Waals surface area contributed by atoms with Gasteiger partial charge < -0.3 is 0 Å². The van der Waals surface area contributed by atoms with Crippen LogP contribution in [0.1, 0.15) is 38.5 Å². The SMILES string of the molecule is C1CCC2(CCCCS2)SC1. The van der Waals surface area contributed by atoms with E-state index < -0.39 is 0 Å². The van der Waals surface area contributed by atoms with Crippen LogP contribution in [-0.4, -0.2) is 15.6 Å². The Bertz CT molecular complexity index is 102. The minimum absolute atomic E-state index is 0.691. The highest BCUT2D eigenvalue weighted by Gasteiger charge is 2.34. The Morgan fingerprint density at radius 2 is 1.27 bits per heavy atom. The molecule has 0 aromatic rings. The van der Waals surface area contributed by atoms with Gasteiger partial charge in [-0.15, -0.1) is 23.5 Å². The van der Waals surface area contributed by atoms with Crippen LogP contribution in [0.15, 0.2) is 0 Å². The summed E-state index contributed by atoms with van der Waals surface area (Å²) in [4.78, 5) is 0. The third-order valence-electron chi connectivity index (χ3n) is 2.63. The van der Waals surface area contributed by atoms with Crippen molar-refractivity contribution in [1.29, 1.82) is 0 Å². The maximum atomic E-state index is 2.25. The summed E-state index contributed by atoms with van der Waals surface area (Å²) >= 11 is 4.50. The van der Waals surface area contributed by atoms with E-state index in [1.807, 2.05) is 0 Å². The van der Waals surface area contributed by atoms with Gasteiger partial charge in [-0.05, 0) is 37.2 Å². The third kappa shape index (κ3) is 1.89. The molecule has 0 radical (unpaired) electrons. The lowest BCUT2D eigenvalue weighted by atomic mass is 10.1. The van der Waals surface area contributed by atoms with Crippen molar-refractivity contribution in [3.8, 4) is 0 Å². The minimum atomic E-state index is 0.691. The smallest absolute Gasteiger partial charge is 0.0611 e. The molecule has 2 aliphatic rings. The molecule has 2 rings (SSSR count). The van der Waals surface area contributed by atoms with E-state index in [4.69, 9.17) is 0 Å². The summed E-state index contributed by atoms with van der Waals surface area (Å²) in [7, 11) is 0. The number of thioether (sulfide) groups is 2. The predicted octanol–water partition coefficient (Wildman–Crippen LogP) is 3.52. The average Bonchev–Trinajstić information content (AvgIpc) is 2.07. The molecule has 0 amide bonds. The van der Waals surface area contributed by atoms with Crippen LogP contribution in [0, 0.1) is 0 Å². The van der Waals surface area contributed by atoms with Crippen molar-refractivity contribution in [2.75, 3.05) is 11.5 Å². The maximum absolute atomic E-state index is 2.25. The molecule has 0 N–H and O–H groups in total. The van der Waals surface area contributed by atoms with E-state index in [0.717, 1.165) is 0 Å². The molecule has 0 bridgehead atoms. The lowest BCUT2D eigenvalue weighted by Crippen LogP contribution is -2.27. The summed E-state index contributed by atoms with van der Waals surface area (Å²) in [6.07, 6.45) is 8.88. The van der Waals surface area contributed by atoms with E-state index in [1.54, 1.807) is 0 Å². The summed E-state index contributed by atoms with van der Waals surface area (Å²) in [5, 5.41) is 0. The lowest BCUT2D eigenvalue weighted by Gasteiger charge is -2.39. The van der Waals surface area contributed by atoms with Gasteiger partial charge in [0.2, 0.25) is 0 Å². The van der Waals surface area contributed by atoms with Crippen LogP contribution in [-0.2, 0) is 0 Å². The van der Waals surface area contributed by atoms with Crippen molar-refractivity contribution in [3.05, 3.63) is 0 Å². The predicted molar refractivity (Wildman–Crippen MR) is 55.3 cm³/mol. The zero-order valence-corrected chi connectivity index (χ0v) is 8.61. The Morgan fingerprint density at radius 3 is 1.64 bits per heavy atom. The van der Waals surface area contributed by atoms with Gasteiger partial charge in [-0.2, -0.15) is 0 Å². The molecular weight excluding hydrogens is 172 g/mol. The van der Waals surface area contributed by atoms with Gasteiger partial charge in [0, 0.05) is 0 Å². The van der Waals surface area contributed by atoms with Crippen LogP contribution < -0.4 is 0 Å². The highest BCUT2D eigenvalue weighted by molar-refractivity contribution is 8.18. The summed E-state index contributed by atoms with van der Waals surface area (Å²) in [6, 6.07) is 0. The first-order valence-electron chi connectivity index (χ1n) is 4.69. The molecule has 0 aliphatic carbocycles. The molecule has 0 nitrogen and oxygen atoms in total. The molecule has 0 atom stereocenters. The largest absolute Gasteiger partial charge is 0.144 e. The van der Waals surface area contributed by atoms with Crippen molar-refractivity contribution in [2.45, 2.75) is 42.6 Å². The van der Waals surface area contributed by atoms with Gasteiger partial charge in [0.15, 0.2) is 0 Å². The molecule has 11 heavy (non-hydrogen) atoms. The molecular formula is C9H16S2. The highest BCUT2D eigenvalue weighted by Crippen LogP contribution is 2.51. The fourth-order valence-corrected chi connectivity index (χ4v) is 5.39. The van der Waals surface area contributed by atoms with Crippen LogP contribution in [0.4, 0.5) is 0 Å². The van der Waals surface area contributed by atoms with Gasteiger partial charge in [0.05, 0.1) is 4.08 Å². The fraction of sp³-hybridized carbons (Fsp3) is 1.00. The van der Waals surface area contributed by atoms with E-state index in [9.17, 15) is 0 Å². The second-order valence-electron chi connectivity index (χ2n) is 3.52. The van der Waals surface area contributed by atoms with Crippen molar-refractivity contribution >= 4 is 23.5 Å². The number of rotatable bonds is 0. The molecule has 0 aromatic heterocycles.